The molecule has 0 aliphatic rings. The molecule has 0 bridgehead atoms. The third kappa shape index (κ3) is 4.58. The molecule has 0 aromatic carbocycles. The molecular weight excluding hydrogens is 300 g/mol. The molecule has 2 N–H and O–H groups in total. The Morgan fingerprint density at radius 3 is 2.26 bits per heavy atom. The molecule has 0 saturated carbocycles. The summed E-state index contributed by atoms with van der Waals surface area (Å²) in [6.07, 6.45) is -0.932. The first-order chi connectivity index (χ1) is 10.7. The predicted molar refractivity (Wildman–Crippen MR) is 84.4 cm³/mol. The van der Waals surface area contributed by atoms with Crippen LogP contribution in [0, 0.1) is 13.8 Å². The number of carbonyl (C=O) groups is 3. The maximum Gasteiger partial charge on any atom is 0.355 e. The molecule has 1 rings (SSSR count). The summed E-state index contributed by atoms with van der Waals surface area (Å²) >= 11 is 0. The molecule has 1 atom stereocenters. The lowest BCUT2D eigenvalue weighted by atomic mass is 10.1. The second-order valence-electron chi connectivity index (χ2n) is 5.56. The molecule has 1 unspecified atom stereocenters. The van der Waals surface area contributed by atoms with Crippen molar-refractivity contribution < 1.29 is 23.9 Å². The van der Waals surface area contributed by atoms with Gasteiger partial charge in [0.1, 0.15) is 5.69 Å². The highest BCUT2D eigenvalue weighted by atomic mass is 16.5. The number of aryl methyl sites for hydroxylation is 1. The molecule has 1 amide bonds. The fourth-order valence-electron chi connectivity index (χ4n) is 2.14. The number of hydrogen-bond acceptors (Lipinski definition) is 5. The van der Waals surface area contributed by atoms with Crippen LogP contribution >= 0.6 is 0 Å². The summed E-state index contributed by atoms with van der Waals surface area (Å²) in [5, 5.41) is 2.67. The Kier molecular flexibility index (Phi) is 6.36. The van der Waals surface area contributed by atoms with Gasteiger partial charge in [-0.2, -0.15) is 0 Å². The van der Waals surface area contributed by atoms with Crippen LogP contribution in [0.2, 0.25) is 0 Å². The largest absolute Gasteiger partial charge is 0.462 e. The molecule has 23 heavy (non-hydrogen) atoms. The molecule has 1 aromatic rings. The zero-order chi connectivity index (χ0) is 17.7. The van der Waals surface area contributed by atoms with E-state index in [-0.39, 0.29) is 24.2 Å². The van der Waals surface area contributed by atoms with Gasteiger partial charge in [-0.05, 0) is 47.1 Å². The Balaban J connectivity index is 2.91. The van der Waals surface area contributed by atoms with Crippen molar-refractivity contribution in [1.82, 2.24) is 10.3 Å². The predicted octanol–water partition coefficient (Wildman–Crippen LogP) is 1.88. The van der Waals surface area contributed by atoms with Gasteiger partial charge < -0.3 is 19.8 Å². The molecule has 0 spiro atoms. The molecule has 0 aliphatic heterocycles. The van der Waals surface area contributed by atoms with Gasteiger partial charge >= 0.3 is 11.9 Å². The Bertz CT molecular complexity index is 604. The summed E-state index contributed by atoms with van der Waals surface area (Å²) in [4.78, 5) is 38.8. The van der Waals surface area contributed by atoms with E-state index in [0.717, 1.165) is 0 Å². The second-order valence-corrected chi connectivity index (χ2v) is 5.56. The van der Waals surface area contributed by atoms with Gasteiger partial charge in [0.2, 0.25) is 0 Å². The van der Waals surface area contributed by atoms with Crippen LogP contribution in [0.4, 0.5) is 0 Å². The quantitative estimate of drug-likeness (QED) is 0.779. The number of ether oxygens (including phenoxy) is 2. The Hall–Kier alpha value is -2.31. The van der Waals surface area contributed by atoms with Crippen molar-refractivity contribution in [2.45, 2.75) is 53.7 Å². The lowest BCUT2D eigenvalue weighted by Crippen LogP contribution is -2.39. The Morgan fingerprint density at radius 1 is 1.13 bits per heavy atom. The summed E-state index contributed by atoms with van der Waals surface area (Å²) in [5.74, 6) is -1.56. The minimum atomic E-state index is -0.932. The normalized spacial score (nSPS) is 12.0. The number of aromatic amines is 1. The molecule has 1 aromatic heterocycles. The number of hydrogen-bond donors (Lipinski definition) is 2. The van der Waals surface area contributed by atoms with E-state index in [0.29, 0.717) is 16.8 Å². The molecule has 0 aliphatic carbocycles. The molecule has 0 radical (unpaired) electrons. The van der Waals surface area contributed by atoms with Crippen LogP contribution in [0.3, 0.4) is 0 Å². The van der Waals surface area contributed by atoms with E-state index in [1.807, 2.05) is 13.8 Å². The summed E-state index contributed by atoms with van der Waals surface area (Å²) in [7, 11) is 0. The van der Waals surface area contributed by atoms with Gasteiger partial charge in [0.05, 0.1) is 12.2 Å². The zero-order valence-corrected chi connectivity index (χ0v) is 14.4. The van der Waals surface area contributed by atoms with Gasteiger partial charge in [-0.15, -0.1) is 0 Å². The van der Waals surface area contributed by atoms with Gasteiger partial charge in [-0.1, -0.05) is 0 Å². The minimum absolute atomic E-state index is 0.0477. The topological polar surface area (TPSA) is 97.5 Å². The lowest BCUT2D eigenvalue weighted by Gasteiger charge is -2.15. The smallest absolute Gasteiger partial charge is 0.355 e. The third-order valence-electron chi connectivity index (χ3n) is 3.21. The van der Waals surface area contributed by atoms with E-state index in [2.05, 4.69) is 10.3 Å². The molecule has 0 fully saturated rings. The molecule has 7 heteroatoms. The fourth-order valence-corrected chi connectivity index (χ4v) is 2.14. The fraction of sp³-hybridized carbons (Fsp3) is 0.562. The van der Waals surface area contributed by atoms with Crippen molar-refractivity contribution >= 4 is 17.8 Å². The van der Waals surface area contributed by atoms with Crippen LogP contribution in [-0.4, -0.2) is 41.6 Å². The maximum absolute atomic E-state index is 12.2. The van der Waals surface area contributed by atoms with Crippen molar-refractivity contribution in [3.63, 3.8) is 0 Å². The number of aromatic nitrogens is 1. The van der Waals surface area contributed by atoms with Crippen molar-refractivity contribution in [3.05, 3.63) is 22.5 Å². The Morgan fingerprint density at radius 2 is 1.74 bits per heavy atom. The number of H-pyrrole nitrogens is 1. The summed E-state index contributed by atoms with van der Waals surface area (Å²) in [6.45, 7) is 10.4. The molecule has 7 nitrogen and oxygen atoms in total. The van der Waals surface area contributed by atoms with E-state index in [4.69, 9.17) is 9.47 Å². The number of nitrogens with one attached hydrogen (secondary N) is 2. The number of esters is 2. The minimum Gasteiger partial charge on any atom is -0.462 e. The van der Waals surface area contributed by atoms with E-state index < -0.39 is 18.0 Å². The molecule has 128 valence electrons. The van der Waals surface area contributed by atoms with Gasteiger partial charge in [0.15, 0.2) is 6.10 Å². The van der Waals surface area contributed by atoms with Gasteiger partial charge in [-0.3, -0.25) is 4.79 Å². The summed E-state index contributed by atoms with van der Waals surface area (Å²) in [6, 6.07) is -0.0477. The van der Waals surface area contributed by atoms with Gasteiger partial charge in [-0.25, -0.2) is 9.59 Å². The van der Waals surface area contributed by atoms with Crippen LogP contribution in [-0.2, 0) is 14.3 Å². The molecule has 1 heterocycles. The number of carbonyl (C=O) groups excluding carboxylic acids is 3. The first kappa shape index (κ1) is 18.7. The summed E-state index contributed by atoms with van der Waals surface area (Å²) in [5.41, 5.74) is 1.43. The van der Waals surface area contributed by atoms with Crippen LogP contribution in [0.25, 0.3) is 0 Å². The summed E-state index contributed by atoms with van der Waals surface area (Å²) < 4.78 is 10.1. The van der Waals surface area contributed by atoms with Crippen LogP contribution < -0.4 is 5.32 Å². The zero-order valence-electron chi connectivity index (χ0n) is 14.4. The highest BCUT2D eigenvalue weighted by molar-refractivity contribution is 5.99. The average molecular weight is 324 g/mol. The van der Waals surface area contributed by atoms with Gasteiger partial charge in [0, 0.05) is 11.7 Å². The van der Waals surface area contributed by atoms with E-state index in [9.17, 15) is 14.4 Å². The first-order valence-corrected chi connectivity index (χ1v) is 7.56. The van der Waals surface area contributed by atoms with Gasteiger partial charge in [0.25, 0.3) is 5.91 Å². The first-order valence-electron chi connectivity index (χ1n) is 7.56. The maximum atomic E-state index is 12.2. The average Bonchev–Trinajstić information content (AvgIpc) is 2.73. The highest BCUT2D eigenvalue weighted by Gasteiger charge is 2.26. The van der Waals surface area contributed by atoms with Crippen molar-refractivity contribution in [2.24, 2.45) is 0 Å². The number of rotatable bonds is 6. The van der Waals surface area contributed by atoms with E-state index in [1.54, 1.807) is 20.8 Å². The second kappa shape index (κ2) is 7.80. The number of amides is 1. The molecular formula is C16H24N2O5. The molecule has 0 saturated heterocycles. The van der Waals surface area contributed by atoms with E-state index >= 15 is 0 Å². The Labute approximate surface area is 135 Å². The monoisotopic (exact) mass is 324 g/mol. The highest BCUT2D eigenvalue weighted by Crippen LogP contribution is 2.20. The van der Waals surface area contributed by atoms with Crippen LogP contribution in [0.15, 0.2) is 0 Å². The van der Waals surface area contributed by atoms with Crippen molar-refractivity contribution in [2.75, 3.05) is 6.61 Å². The standard InChI is InChI=1S/C16H24N2O5/c1-7-22-15(20)12-9(4)13(18-10(12)5)16(21)23-11(6)14(19)17-8(2)3/h8,11,18H,7H2,1-6H3,(H,17,19). The SMILES string of the molecule is CCOC(=O)c1c(C)[nH]c(C(=O)OC(C)C(=O)NC(C)C)c1C. The third-order valence-corrected chi connectivity index (χ3v) is 3.21. The lowest BCUT2D eigenvalue weighted by molar-refractivity contribution is -0.129. The van der Waals surface area contributed by atoms with Crippen LogP contribution in [0.1, 0.15) is 59.8 Å². The van der Waals surface area contributed by atoms with Crippen molar-refractivity contribution in [3.8, 4) is 0 Å². The van der Waals surface area contributed by atoms with Crippen LogP contribution in [0.5, 0.6) is 0 Å². The van der Waals surface area contributed by atoms with Crippen molar-refractivity contribution in [1.29, 1.82) is 0 Å². The van der Waals surface area contributed by atoms with E-state index in [1.165, 1.54) is 6.92 Å².